The lowest BCUT2D eigenvalue weighted by atomic mass is 9.94. The summed E-state index contributed by atoms with van der Waals surface area (Å²) in [5.74, 6) is 1.04. The zero-order valence-electron chi connectivity index (χ0n) is 12.0. The van der Waals surface area contributed by atoms with Crippen molar-refractivity contribution in [1.29, 1.82) is 0 Å². The van der Waals surface area contributed by atoms with E-state index >= 15 is 0 Å². The third-order valence-corrected chi connectivity index (χ3v) is 4.21. The van der Waals surface area contributed by atoms with Crippen molar-refractivity contribution >= 4 is 0 Å². The van der Waals surface area contributed by atoms with Crippen LogP contribution in [0.4, 0.5) is 0 Å². The number of hydrogen-bond acceptors (Lipinski definition) is 3. The minimum absolute atomic E-state index is 0.332. The van der Waals surface area contributed by atoms with Crippen LogP contribution in [0.2, 0.25) is 0 Å². The van der Waals surface area contributed by atoms with E-state index in [9.17, 15) is 5.11 Å². The van der Waals surface area contributed by atoms with Gasteiger partial charge in [-0.1, -0.05) is 37.3 Å². The number of aliphatic hydroxyl groups excluding tert-OH is 1. The van der Waals surface area contributed by atoms with Crippen molar-refractivity contribution in [2.45, 2.75) is 19.4 Å². The Morgan fingerprint density at radius 1 is 1.37 bits per heavy atom. The van der Waals surface area contributed by atoms with Gasteiger partial charge in [-0.25, -0.2) is 0 Å². The number of hydrogen-bond donors (Lipinski definition) is 2. The lowest BCUT2D eigenvalue weighted by Crippen LogP contribution is -2.33. The van der Waals surface area contributed by atoms with E-state index in [1.165, 1.54) is 5.56 Å². The number of nitrogens with zero attached hydrogens (tertiary/aromatic N) is 1. The number of rotatable bonds is 6. The molecule has 3 atom stereocenters. The van der Waals surface area contributed by atoms with Crippen LogP contribution in [0.3, 0.4) is 0 Å². The summed E-state index contributed by atoms with van der Waals surface area (Å²) < 4.78 is 0. The van der Waals surface area contributed by atoms with E-state index in [-0.39, 0.29) is 0 Å². The van der Waals surface area contributed by atoms with Crippen molar-refractivity contribution in [3.63, 3.8) is 0 Å². The van der Waals surface area contributed by atoms with Gasteiger partial charge in [0.1, 0.15) is 0 Å². The maximum Gasteiger partial charge on any atom is 0.0471 e. The molecule has 1 aromatic carbocycles. The van der Waals surface area contributed by atoms with Crippen molar-refractivity contribution in [1.82, 2.24) is 10.2 Å². The van der Waals surface area contributed by atoms with E-state index in [0.717, 1.165) is 26.1 Å². The molecule has 0 radical (unpaired) electrons. The quantitative estimate of drug-likeness (QED) is 0.822. The molecule has 0 amide bonds. The Morgan fingerprint density at radius 3 is 2.68 bits per heavy atom. The molecule has 1 saturated heterocycles. The van der Waals surface area contributed by atoms with Crippen molar-refractivity contribution in [3.05, 3.63) is 35.9 Å². The molecule has 3 nitrogen and oxygen atoms in total. The van der Waals surface area contributed by atoms with Gasteiger partial charge in [0.25, 0.3) is 0 Å². The minimum Gasteiger partial charge on any atom is -0.396 e. The molecule has 19 heavy (non-hydrogen) atoms. The number of nitrogens with one attached hydrogen (secondary N) is 1. The largest absolute Gasteiger partial charge is 0.396 e. The number of likely N-dealkylation sites (tertiary alicyclic amines) is 1. The molecular formula is C16H26N2O. The summed E-state index contributed by atoms with van der Waals surface area (Å²) in [6.45, 7) is 5.91. The average Bonchev–Trinajstić information content (AvgIpc) is 2.88. The molecular weight excluding hydrogens is 236 g/mol. The second-order valence-electron chi connectivity index (χ2n) is 5.75. The van der Waals surface area contributed by atoms with Crippen LogP contribution < -0.4 is 5.32 Å². The van der Waals surface area contributed by atoms with Gasteiger partial charge in [0.05, 0.1) is 0 Å². The zero-order chi connectivity index (χ0) is 13.7. The summed E-state index contributed by atoms with van der Waals surface area (Å²) in [6, 6.07) is 11.0. The molecule has 1 aliphatic rings. The average molecular weight is 262 g/mol. The molecule has 1 heterocycles. The predicted molar refractivity (Wildman–Crippen MR) is 79.0 cm³/mol. The van der Waals surface area contributed by atoms with Crippen molar-refractivity contribution in [2.24, 2.45) is 11.8 Å². The molecule has 2 rings (SSSR count). The first-order valence-electron chi connectivity index (χ1n) is 7.30. The van der Waals surface area contributed by atoms with Gasteiger partial charge in [-0.15, -0.1) is 0 Å². The maximum atomic E-state index is 9.21. The smallest absolute Gasteiger partial charge is 0.0471 e. The summed E-state index contributed by atoms with van der Waals surface area (Å²) >= 11 is 0. The Hall–Kier alpha value is -0.900. The Balaban J connectivity index is 1.92. The van der Waals surface area contributed by atoms with Gasteiger partial charge >= 0.3 is 0 Å². The first-order valence-corrected chi connectivity index (χ1v) is 7.30. The lowest BCUT2D eigenvalue weighted by Gasteiger charge is -2.28. The zero-order valence-corrected chi connectivity index (χ0v) is 12.0. The molecule has 1 aromatic rings. The summed E-state index contributed by atoms with van der Waals surface area (Å²) in [6.07, 6.45) is 1.14. The highest BCUT2D eigenvalue weighted by atomic mass is 16.3. The fourth-order valence-electron chi connectivity index (χ4n) is 3.18. The van der Waals surface area contributed by atoms with Gasteiger partial charge in [-0.2, -0.15) is 0 Å². The van der Waals surface area contributed by atoms with Crippen LogP contribution in [-0.2, 0) is 0 Å². The van der Waals surface area contributed by atoms with E-state index in [1.807, 2.05) is 7.05 Å². The minimum atomic E-state index is 0.332. The molecule has 0 aromatic heterocycles. The van der Waals surface area contributed by atoms with Gasteiger partial charge in [-0.3, -0.25) is 0 Å². The molecule has 3 unspecified atom stereocenters. The third kappa shape index (κ3) is 3.78. The van der Waals surface area contributed by atoms with Crippen LogP contribution in [0.1, 0.15) is 24.9 Å². The van der Waals surface area contributed by atoms with Crippen LogP contribution in [0.15, 0.2) is 30.3 Å². The normalized spacial score (nSPS) is 23.4. The molecule has 106 valence electrons. The Labute approximate surface area is 116 Å². The van der Waals surface area contributed by atoms with Crippen molar-refractivity contribution < 1.29 is 5.11 Å². The molecule has 0 spiro atoms. The summed E-state index contributed by atoms with van der Waals surface area (Å²) in [4.78, 5) is 2.48. The molecule has 1 aliphatic heterocycles. The standard InChI is InChI=1S/C16H26N2O/c1-13(10-18-9-8-14(11-18)12-19)16(17-2)15-6-4-3-5-7-15/h3-7,13-14,16-17,19H,8-12H2,1-2H3. The van der Waals surface area contributed by atoms with E-state index < -0.39 is 0 Å². The Bertz CT molecular complexity index is 368. The third-order valence-electron chi connectivity index (χ3n) is 4.21. The van der Waals surface area contributed by atoms with Gasteiger partial charge in [-0.05, 0) is 37.4 Å². The first-order chi connectivity index (χ1) is 9.24. The highest BCUT2D eigenvalue weighted by Crippen LogP contribution is 2.24. The maximum absolute atomic E-state index is 9.21. The monoisotopic (exact) mass is 262 g/mol. The van der Waals surface area contributed by atoms with Crippen molar-refractivity contribution in [2.75, 3.05) is 33.3 Å². The van der Waals surface area contributed by atoms with Crippen LogP contribution in [-0.4, -0.2) is 43.3 Å². The van der Waals surface area contributed by atoms with Crippen LogP contribution in [0.5, 0.6) is 0 Å². The van der Waals surface area contributed by atoms with E-state index in [0.29, 0.717) is 24.5 Å². The molecule has 0 aliphatic carbocycles. The van der Waals surface area contributed by atoms with E-state index in [2.05, 4.69) is 47.5 Å². The fraction of sp³-hybridized carbons (Fsp3) is 0.625. The summed E-state index contributed by atoms with van der Waals surface area (Å²) in [5, 5.41) is 12.7. The van der Waals surface area contributed by atoms with Gasteiger partial charge in [0, 0.05) is 25.7 Å². The number of aliphatic hydroxyl groups is 1. The SMILES string of the molecule is CNC(c1ccccc1)C(C)CN1CCC(CO)C1. The van der Waals surface area contributed by atoms with E-state index in [1.54, 1.807) is 0 Å². The molecule has 1 fully saturated rings. The Kier molecular flexibility index (Phi) is 5.37. The molecule has 0 saturated carbocycles. The van der Waals surface area contributed by atoms with Crippen LogP contribution in [0, 0.1) is 11.8 Å². The van der Waals surface area contributed by atoms with Crippen LogP contribution in [0.25, 0.3) is 0 Å². The molecule has 3 heteroatoms. The van der Waals surface area contributed by atoms with Gasteiger partial charge in [0.2, 0.25) is 0 Å². The first kappa shape index (κ1) is 14.5. The Morgan fingerprint density at radius 2 is 2.11 bits per heavy atom. The van der Waals surface area contributed by atoms with E-state index in [4.69, 9.17) is 0 Å². The van der Waals surface area contributed by atoms with Crippen LogP contribution >= 0.6 is 0 Å². The van der Waals surface area contributed by atoms with Gasteiger partial charge in [0.15, 0.2) is 0 Å². The topological polar surface area (TPSA) is 35.5 Å². The predicted octanol–water partition coefficient (Wildman–Crippen LogP) is 1.90. The fourth-order valence-corrected chi connectivity index (χ4v) is 3.18. The molecule has 2 N–H and O–H groups in total. The number of benzene rings is 1. The lowest BCUT2D eigenvalue weighted by molar-refractivity contribution is 0.206. The highest BCUT2D eigenvalue weighted by molar-refractivity contribution is 5.19. The summed E-state index contributed by atoms with van der Waals surface area (Å²) in [5.41, 5.74) is 1.36. The molecule has 0 bridgehead atoms. The summed E-state index contributed by atoms with van der Waals surface area (Å²) in [7, 11) is 2.04. The highest BCUT2D eigenvalue weighted by Gasteiger charge is 2.25. The second kappa shape index (κ2) is 7.04. The van der Waals surface area contributed by atoms with Crippen molar-refractivity contribution in [3.8, 4) is 0 Å². The second-order valence-corrected chi connectivity index (χ2v) is 5.75. The van der Waals surface area contributed by atoms with Gasteiger partial charge < -0.3 is 15.3 Å².